The average molecular weight is 429 g/mol. The molecule has 10 nitrogen and oxygen atoms in total. The molecule has 0 bridgehead atoms. The van der Waals surface area contributed by atoms with Gasteiger partial charge in [-0.2, -0.15) is 9.67 Å². The molecule has 1 aromatic heterocycles. The molecule has 1 aliphatic rings. The maximum Gasteiger partial charge on any atom is 0.291 e. The standard InChI is InChI=1S/C19H19N5O5S/c1-28-14-8-7-12(11-15(14)29-2)9-10-20-18(25)17-21-19-23-30(26,27)16-6-4-3-5-13(16)24(19)22-17/h3-8,11H,9-10H2,1-2H3,(H,20,25)(H,21,22,23). The molecule has 0 fully saturated rings. The van der Waals surface area contributed by atoms with E-state index in [0.717, 1.165) is 5.56 Å². The molecule has 11 heteroatoms. The van der Waals surface area contributed by atoms with Gasteiger partial charge in [0.05, 0.1) is 19.9 Å². The van der Waals surface area contributed by atoms with Crippen molar-refractivity contribution in [2.24, 2.45) is 0 Å². The van der Waals surface area contributed by atoms with E-state index in [0.29, 0.717) is 30.2 Å². The lowest BCUT2D eigenvalue weighted by Gasteiger charge is -2.17. The largest absolute Gasteiger partial charge is 0.493 e. The van der Waals surface area contributed by atoms with Crippen molar-refractivity contribution in [2.75, 3.05) is 25.5 Å². The minimum absolute atomic E-state index is 0.0289. The van der Waals surface area contributed by atoms with E-state index in [1.807, 2.05) is 12.1 Å². The number of ether oxygens (including phenoxy) is 2. The summed E-state index contributed by atoms with van der Waals surface area (Å²) in [5, 5.41) is 6.90. The highest BCUT2D eigenvalue weighted by Gasteiger charge is 2.30. The SMILES string of the molecule is COc1ccc(CCNC(=O)c2nc3n(n2)-c2ccccc2S(=O)(=O)N3)cc1OC. The van der Waals surface area contributed by atoms with Gasteiger partial charge in [0, 0.05) is 6.54 Å². The normalized spacial score (nSPS) is 13.5. The van der Waals surface area contributed by atoms with Gasteiger partial charge in [-0.05, 0) is 36.2 Å². The minimum Gasteiger partial charge on any atom is -0.493 e. The number of hydrogen-bond acceptors (Lipinski definition) is 7. The lowest BCUT2D eigenvalue weighted by atomic mass is 10.1. The second-order valence-electron chi connectivity index (χ2n) is 6.44. The summed E-state index contributed by atoms with van der Waals surface area (Å²) in [5.41, 5.74) is 1.29. The van der Waals surface area contributed by atoms with Gasteiger partial charge in [-0.1, -0.05) is 18.2 Å². The molecule has 156 valence electrons. The van der Waals surface area contributed by atoms with Crippen molar-refractivity contribution in [3.05, 3.63) is 53.9 Å². The lowest BCUT2D eigenvalue weighted by molar-refractivity contribution is 0.0944. The summed E-state index contributed by atoms with van der Waals surface area (Å²) >= 11 is 0. The first-order valence-corrected chi connectivity index (χ1v) is 10.5. The number of rotatable bonds is 6. The van der Waals surface area contributed by atoms with Crippen LogP contribution < -0.4 is 19.5 Å². The molecule has 0 unspecified atom stereocenters. The number of amides is 1. The summed E-state index contributed by atoms with van der Waals surface area (Å²) in [7, 11) is -0.640. The number of benzene rings is 2. The number of para-hydroxylation sites is 1. The van der Waals surface area contributed by atoms with E-state index in [-0.39, 0.29) is 16.7 Å². The number of aromatic nitrogens is 3. The highest BCUT2D eigenvalue weighted by Crippen LogP contribution is 2.29. The number of fused-ring (bicyclic) bond motifs is 3. The number of nitrogens with one attached hydrogen (secondary N) is 2. The fourth-order valence-corrected chi connectivity index (χ4v) is 4.28. The first kappa shape index (κ1) is 19.7. The van der Waals surface area contributed by atoms with Crippen molar-refractivity contribution in [1.82, 2.24) is 20.1 Å². The Morgan fingerprint density at radius 2 is 1.90 bits per heavy atom. The lowest BCUT2D eigenvalue weighted by Crippen LogP contribution is -2.27. The smallest absolute Gasteiger partial charge is 0.291 e. The molecule has 2 aromatic carbocycles. The van der Waals surface area contributed by atoms with Crippen molar-refractivity contribution in [2.45, 2.75) is 11.3 Å². The number of carbonyl (C=O) groups excluding carboxylic acids is 1. The van der Waals surface area contributed by atoms with E-state index in [9.17, 15) is 13.2 Å². The molecule has 0 radical (unpaired) electrons. The van der Waals surface area contributed by atoms with Gasteiger partial charge in [0.25, 0.3) is 15.9 Å². The maximum atomic E-state index is 12.5. The molecule has 3 aromatic rings. The van der Waals surface area contributed by atoms with Crippen LogP contribution in [0.5, 0.6) is 11.5 Å². The molecule has 2 heterocycles. The van der Waals surface area contributed by atoms with Gasteiger partial charge in [0.15, 0.2) is 11.5 Å². The fraction of sp³-hybridized carbons (Fsp3) is 0.211. The summed E-state index contributed by atoms with van der Waals surface area (Å²) in [6, 6.07) is 11.9. The Labute approximate surface area is 172 Å². The Kier molecular flexibility index (Phi) is 5.04. The minimum atomic E-state index is -3.76. The Bertz CT molecular complexity index is 1220. The summed E-state index contributed by atoms with van der Waals surface area (Å²) < 4.78 is 38.8. The van der Waals surface area contributed by atoms with Gasteiger partial charge >= 0.3 is 0 Å². The zero-order valence-electron chi connectivity index (χ0n) is 16.2. The molecular weight excluding hydrogens is 410 g/mol. The van der Waals surface area contributed by atoms with E-state index < -0.39 is 15.9 Å². The zero-order chi connectivity index (χ0) is 21.3. The van der Waals surface area contributed by atoms with Gasteiger partial charge in [-0.3, -0.25) is 4.79 Å². The van der Waals surface area contributed by atoms with Crippen LogP contribution >= 0.6 is 0 Å². The molecule has 1 amide bonds. The van der Waals surface area contributed by atoms with Crippen LogP contribution in [0, 0.1) is 0 Å². The highest BCUT2D eigenvalue weighted by atomic mass is 32.2. The first-order valence-electron chi connectivity index (χ1n) is 9.01. The fourth-order valence-electron chi connectivity index (χ4n) is 3.11. The first-order chi connectivity index (χ1) is 14.4. The molecule has 0 spiro atoms. The van der Waals surface area contributed by atoms with E-state index in [1.54, 1.807) is 38.5 Å². The van der Waals surface area contributed by atoms with Crippen molar-refractivity contribution < 1.29 is 22.7 Å². The predicted octanol–water partition coefficient (Wildman–Crippen LogP) is 1.37. The summed E-state index contributed by atoms with van der Waals surface area (Å²) in [5.74, 6) is 0.570. The number of carbonyl (C=O) groups is 1. The van der Waals surface area contributed by atoms with Crippen LogP contribution in [0.2, 0.25) is 0 Å². The van der Waals surface area contributed by atoms with Gasteiger partial charge < -0.3 is 14.8 Å². The summed E-state index contributed by atoms with van der Waals surface area (Å²) in [6.07, 6.45) is 0.551. The predicted molar refractivity (Wildman–Crippen MR) is 108 cm³/mol. The molecule has 0 saturated heterocycles. The topological polar surface area (TPSA) is 124 Å². The van der Waals surface area contributed by atoms with Gasteiger partial charge in [0.1, 0.15) is 4.90 Å². The van der Waals surface area contributed by atoms with Gasteiger partial charge in [-0.25, -0.2) is 13.1 Å². The third-order valence-corrected chi connectivity index (χ3v) is 5.94. The van der Waals surface area contributed by atoms with E-state index >= 15 is 0 Å². The molecule has 1 aliphatic heterocycles. The van der Waals surface area contributed by atoms with Crippen LogP contribution in [-0.2, 0) is 16.4 Å². The average Bonchev–Trinajstić information content (AvgIpc) is 3.17. The molecular formula is C19H19N5O5S. The number of methoxy groups -OCH3 is 2. The van der Waals surface area contributed by atoms with E-state index in [2.05, 4.69) is 20.1 Å². The van der Waals surface area contributed by atoms with Crippen LogP contribution in [0.4, 0.5) is 5.95 Å². The number of hydrogen-bond donors (Lipinski definition) is 2. The van der Waals surface area contributed by atoms with Crippen LogP contribution in [-0.4, -0.2) is 49.9 Å². The highest BCUT2D eigenvalue weighted by molar-refractivity contribution is 7.92. The summed E-state index contributed by atoms with van der Waals surface area (Å²) in [6.45, 7) is 0.334. The molecule has 0 aliphatic carbocycles. The van der Waals surface area contributed by atoms with Crippen LogP contribution in [0.3, 0.4) is 0 Å². The van der Waals surface area contributed by atoms with Crippen LogP contribution in [0.1, 0.15) is 16.2 Å². The van der Waals surface area contributed by atoms with Crippen molar-refractivity contribution in [3.8, 4) is 17.2 Å². The van der Waals surface area contributed by atoms with Crippen LogP contribution in [0.15, 0.2) is 47.4 Å². The quantitative estimate of drug-likeness (QED) is 0.606. The molecule has 4 rings (SSSR count). The van der Waals surface area contributed by atoms with Crippen LogP contribution in [0.25, 0.3) is 5.69 Å². The Hall–Kier alpha value is -3.60. The number of nitrogens with zero attached hydrogens (tertiary/aromatic N) is 3. The van der Waals surface area contributed by atoms with Crippen molar-refractivity contribution in [3.63, 3.8) is 0 Å². The molecule has 0 atom stereocenters. The third-order valence-electron chi connectivity index (χ3n) is 4.57. The Balaban J connectivity index is 1.47. The number of anilines is 1. The summed E-state index contributed by atoms with van der Waals surface area (Å²) in [4.78, 5) is 16.6. The van der Waals surface area contributed by atoms with E-state index in [1.165, 1.54) is 10.7 Å². The second kappa shape index (κ2) is 7.67. The van der Waals surface area contributed by atoms with E-state index in [4.69, 9.17) is 9.47 Å². The van der Waals surface area contributed by atoms with Gasteiger partial charge in [0.2, 0.25) is 11.8 Å². The monoisotopic (exact) mass is 429 g/mol. The second-order valence-corrected chi connectivity index (χ2v) is 8.09. The molecule has 0 saturated carbocycles. The molecule has 2 N–H and O–H groups in total. The van der Waals surface area contributed by atoms with Gasteiger partial charge in [-0.15, -0.1) is 5.10 Å². The van der Waals surface area contributed by atoms with Crippen molar-refractivity contribution in [1.29, 1.82) is 0 Å². The van der Waals surface area contributed by atoms with Crippen molar-refractivity contribution >= 4 is 21.9 Å². The maximum absolute atomic E-state index is 12.5. The Morgan fingerprint density at radius 3 is 2.67 bits per heavy atom. The molecule has 30 heavy (non-hydrogen) atoms. The zero-order valence-corrected chi connectivity index (χ0v) is 17.1. The number of sulfonamides is 1. The third kappa shape index (κ3) is 3.54. The Morgan fingerprint density at radius 1 is 1.13 bits per heavy atom.